The van der Waals surface area contributed by atoms with E-state index >= 15 is 0 Å². The lowest BCUT2D eigenvalue weighted by molar-refractivity contribution is 0.0269. The average Bonchev–Trinajstić information content (AvgIpc) is 3.50. The SMILES string of the molecule is O=C1N(Cc2ccccc2)[C@H](Cc2ccccc2)[C@H](O)[C@H]2C(Cc3ccccc3)N12. The Bertz CT molecular complexity index is 993. The molecule has 2 heterocycles. The first kappa shape index (κ1) is 18.9. The summed E-state index contributed by atoms with van der Waals surface area (Å²) in [6, 6.07) is 30.2. The summed E-state index contributed by atoms with van der Waals surface area (Å²) in [6.45, 7) is 0.509. The minimum Gasteiger partial charge on any atom is -0.389 e. The number of amides is 2. The zero-order chi connectivity index (χ0) is 20.5. The van der Waals surface area contributed by atoms with Gasteiger partial charge in [0.2, 0.25) is 0 Å². The number of hydrogen-bond acceptors (Lipinski definition) is 2. The first-order valence-electron chi connectivity index (χ1n) is 10.6. The molecule has 3 aromatic carbocycles. The number of carbonyl (C=O) groups is 1. The van der Waals surface area contributed by atoms with Crippen LogP contribution in [-0.2, 0) is 19.4 Å². The molecule has 0 saturated carbocycles. The summed E-state index contributed by atoms with van der Waals surface area (Å²) in [5.41, 5.74) is 3.42. The molecule has 2 saturated heterocycles. The molecule has 2 amide bonds. The molecule has 4 heteroatoms. The molecule has 30 heavy (non-hydrogen) atoms. The number of hydrogen-bond donors (Lipinski definition) is 1. The summed E-state index contributed by atoms with van der Waals surface area (Å²) >= 11 is 0. The second kappa shape index (κ2) is 7.96. The van der Waals surface area contributed by atoms with Crippen LogP contribution in [0.2, 0.25) is 0 Å². The molecule has 2 aliphatic rings. The van der Waals surface area contributed by atoms with Crippen molar-refractivity contribution in [3.05, 3.63) is 108 Å². The molecule has 0 radical (unpaired) electrons. The summed E-state index contributed by atoms with van der Waals surface area (Å²) in [6.07, 6.45) is 0.870. The Labute approximate surface area is 177 Å². The summed E-state index contributed by atoms with van der Waals surface area (Å²) in [7, 11) is 0. The summed E-state index contributed by atoms with van der Waals surface area (Å²) in [5, 5.41) is 11.3. The van der Waals surface area contributed by atoms with Gasteiger partial charge in [-0.2, -0.15) is 0 Å². The van der Waals surface area contributed by atoms with Gasteiger partial charge in [-0.25, -0.2) is 4.79 Å². The Balaban J connectivity index is 1.42. The molecule has 152 valence electrons. The smallest absolute Gasteiger partial charge is 0.321 e. The number of aliphatic hydroxyl groups is 1. The van der Waals surface area contributed by atoms with Gasteiger partial charge >= 0.3 is 6.03 Å². The fourth-order valence-corrected chi connectivity index (χ4v) is 4.79. The number of carbonyl (C=O) groups excluding carboxylic acids is 1. The fourth-order valence-electron chi connectivity index (χ4n) is 4.79. The van der Waals surface area contributed by atoms with Gasteiger partial charge in [0.1, 0.15) is 0 Å². The third-order valence-electron chi connectivity index (χ3n) is 6.37. The highest BCUT2D eigenvalue weighted by Gasteiger charge is 2.62. The van der Waals surface area contributed by atoms with Crippen LogP contribution in [0.3, 0.4) is 0 Å². The van der Waals surface area contributed by atoms with E-state index in [2.05, 4.69) is 24.3 Å². The van der Waals surface area contributed by atoms with Crippen LogP contribution in [0.4, 0.5) is 4.79 Å². The molecule has 2 fully saturated rings. The van der Waals surface area contributed by atoms with Gasteiger partial charge in [0.15, 0.2) is 0 Å². The van der Waals surface area contributed by atoms with Gasteiger partial charge < -0.3 is 14.9 Å². The van der Waals surface area contributed by atoms with Gasteiger partial charge in [-0.3, -0.25) is 0 Å². The lowest BCUT2D eigenvalue weighted by Crippen LogP contribution is -2.56. The molecule has 4 atom stereocenters. The number of benzene rings is 3. The molecule has 1 unspecified atom stereocenters. The van der Waals surface area contributed by atoms with E-state index in [4.69, 9.17) is 0 Å². The molecule has 3 aromatic rings. The normalized spacial score (nSPS) is 25.2. The second-order valence-corrected chi connectivity index (χ2v) is 8.30. The lowest BCUT2D eigenvalue weighted by Gasteiger charge is -2.39. The van der Waals surface area contributed by atoms with Crippen molar-refractivity contribution in [2.45, 2.75) is 43.6 Å². The van der Waals surface area contributed by atoms with Crippen molar-refractivity contribution in [2.24, 2.45) is 0 Å². The largest absolute Gasteiger partial charge is 0.389 e. The maximum absolute atomic E-state index is 13.5. The molecule has 0 aromatic heterocycles. The van der Waals surface area contributed by atoms with Crippen LogP contribution in [0.25, 0.3) is 0 Å². The molecule has 0 bridgehead atoms. The van der Waals surface area contributed by atoms with E-state index in [-0.39, 0.29) is 24.2 Å². The highest BCUT2D eigenvalue weighted by Crippen LogP contribution is 2.42. The summed E-state index contributed by atoms with van der Waals surface area (Å²) in [5.74, 6) is 0. The Morgan fingerprint density at radius 3 is 1.67 bits per heavy atom. The van der Waals surface area contributed by atoms with Gasteiger partial charge in [0.25, 0.3) is 0 Å². The predicted molar refractivity (Wildman–Crippen MR) is 117 cm³/mol. The van der Waals surface area contributed by atoms with Crippen LogP contribution in [0.1, 0.15) is 16.7 Å². The summed E-state index contributed by atoms with van der Waals surface area (Å²) < 4.78 is 0. The number of fused-ring (bicyclic) bond motifs is 1. The van der Waals surface area contributed by atoms with Crippen molar-refractivity contribution in [3.63, 3.8) is 0 Å². The second-order valence-electron chi connectivity index (χ2n) is 8.30. The van der Waals surface area contributed by atoms with E-state index in [9.17, 15) is 9.90 Å². The Morgan fingerprint density at radius 2 is 1.13 bits per heavy atom. The van der Waals surface area contributed by atoms with Crippen LogP contribution >= 0.6 is 0 Å². The number of rotatable bonds is 6. The van der Waals surface area contributed by atoms with Crippen molar-refractivity contribution in [3.8, 4) is 0 Å². The molecule has 0 aliphatic carbocycles. The van der Waals surface area contributed by atoms with Crippen LogP contribution < -0.4 is 0 Å². The Hall–Kier alpha value is -3.11. The average molecular weight is 399 g/mol. The molecule has 4 nitrogen and oxygen atoms in total. The molecular formula is C26H26N2O2. The predicted octanol–water partition coefficient (Wildman–Crippen LogP) is 3.89. The molecule has 0 spiro atoms. The van der Waals surface area contributed by atoms with Gasteiger partial charge in [0, 0.05) is 6.54 Å². The highest BCUT2D eigenvalue weighted by atomic mass is 16.3. The van der Waals surface area contributed by atoms with Crippen LogP contribution in [0.5, 0.6) is 0 Å². The quantitative estimate of drug-likeness (QED) is 0.640. The Kier molecular flexibility index (Phi) is 5.01. The molecule has 1 N–H and O–H groups in total. The van der Waals surface area contributed by atoms with E-state index in [0.29, 0.717) is 13.0 Å². The minimum absolute atomic E-state index is 0.0380. The van der Waals surface area contributed by atoms with Gasteiger partial charge in [0.05, 0.1) is 24.2 Å². The van der Waals surface area contributed by atoms with Crippen molar-refractivity contribution in [2.75, 3.05) is 0 Å². The molecular weight excluding hydrogens is 372 g/mol. The summed E-state index contributed by atoms with van der Waals surface area (Å²) in [4.78, 5) is 17.2. The van der Waals surface area contributed by atoms with E-state index in [0.717, 1.165) is 17.5 Å². The van der Waals surface area contributed by atoms with Crippen molar-refractivity contribution in [1.82, 2.24) is 9.80 Å². The van der Waals surface area contributed by atoms with Crippen molar-refractivity contribution < 1.29 is 9.90 Å². The van der Waals surface area contributed by atoms with Gasteiger partial charge in [-0.1, -0.05) is 91.0 Å². The topological polar surface area (TPSA) is 43.6 Å². The van der Waals surface area contributed by atoms with Crippen molar-refractivity contribution >= 4 is 6.03 Å². The fraction of sp³-hybridized carbons (Fsp3) is 0.269. The highest BCUT2D eigenvalue weighted by molar-refractivity contribution is 5.80. The van der Waals surface area contributed by atoms with Gasteiger partial charge in [-0.05, 0) is 29.5 Å². The number of aliphatic hydroxyl groups excluding tert-OH is 1. The Morgan fingerprint density at radius 1 is 0.667 bits per heavy atom. The van der Waals surface area contributed by atoms with E-state index < -0.39 is 6.10 Å². The third-order valence-corrected chi connectivity index (χ3v) is 6.37. The first-order valence-corrected chi connectivity index (χ1v) is 10.6. The van der Waals surface area contributed by atoms with E-state index in [1.807, 2.05) is 76.5 Å². The monoisotopic (exact) mass is 398 g/mol. The standard InChI is InChI=1S/C26H26N2O2/c29-25-23(17-20-12-6-2-7-13-20)27(18-21-14-8-3-9-15-21)26(30)28-22(24(25)28)16-19-10-4-1-5-11-19/h1-15,22-25,29H,16-18H2/t22?,23-,24-,25+,28?/m1/s1. The lowest BCUT2D eigenvalue weighted by atomic mass is 9.94. The number of nitrogens with zero attached hydrogens (tertiary/aromatic N) is 2. The minimum atomic E-state index is -0.569. The van der Waals surface area contributed by atoms with Crippen LogP contribution in [-0.4, -0.2) is 45.2 Å². The van der Waals surface area contributed by atoms with Gasteiger partial charge in [-0.15, -0.1) is 0 Å². The van der Waals surface area contributed by atoms with E-state index in [1.54, 1.807) is 0 Å². The molecule has 2 aliphatic heterocycles. The first-order chi connectivity index (χ1) is 14.7. The maximum Gasteiger partial charge on any atom is 0.321 e. The third kappa shape index (κ3) is 3.59. The van der Waals surface area contributed by atoms with E-state index in [1.165, 1.54) is 5.56 Å². The zero-order valence-corrected chi connectivity index (χ0v) is 16.8. The van der Waals surface area contributed by atoms with Crippen molar-refractivity contribution in [1.29, 1.82) is 0 Å². The van der Waals surface area contributed by atoms with Crippen LogP contribution in [0.15, 0.2) is 91.0 Å². The maximum atomic E-state index is 13.5. The van der Waals surface area contributed by atoms with Crippen LogP contribution in [0, 0.1) is 0 Å². The molecule has 5 rings (SSSR count). The zero-order valence-electron chi connectivity index (χ0n) is 16.8. The number of urea groups is 1.